The number of nitrogens with zero attached hydrogens (tertiary/aromatic N) is 3. The number of hydrogen-bond donors (Lipinski definition) is 4. The highest BCUT2D eigenvalue weighted by atomic mass is 19.4. The van der Waals surface area contributed by atoms with Crippen LogP contribution < -0.4 is 21.7 Å². The summed E-state index contributed by atoms with van der Waals surface area (Å²) in [4.78, 5) is 88.9. The van der Waals surface area contributed by atoms with Gasteiger partial charge >= 0.3 is 18.2 Å². The predicted molar refractivity (Wildman–Crippen MR) is 212 cm³/mol. The molecule has 2 aromatic rings. The maximum absolute atomic E-state index is 13.5. The molecule has 2 aromatic carbocycles. The Morgan fingerprint density at radius 2 is 1.43 bits per heavy atom. The molecule has 20 heteroatoms. The number of likely N-dealkylation sites (tertiary alicyclic amines) is 3. The Hall–Kier alpha value is -5.82. The van der Waals surface area contributed by atoms with Gasteiger partial charge in [0.15, 0.2) is 0 Å². The number of alkyl halides is 3. The normalized spacial score (nSPS) is 19.0. The summed E-state index contributed by atoms with van der Waals surface area (Å²) >= 11 is 0. The van der Waals surface area contributed by atoms with Crippen LogP contribution in [0.1, 0.15) is 83.3 Å². The Kier molecular flexibility index (Phi) is 18.9. The van der Waals surface area contributed by atoms with Gasteiger partial charge in [-0.1, -0.05) is 0 Å². The van der Waals surface area contributed by atoms with Gasteiger partial charge < -0.3 is 41.1 Å². The van der Waals surface area contributed by atoms with Gasteiger partial charge in [0.05, 0.1) is 18.5 Å². The number of benzene rings is 2. The summed E-state index contributed by atoms with van der Waals surface area (Å²) in [5.41, 5.74) is 4.76. The lowest BCUT2D eigenvalue weighted by Gasteiger charge is -2.38. The molecule has 15 nitrogen and oxygen atoms in total. The first-order chi connectivity index (χ1) is 28.7. The minimum Gasteiger partial charge on any atom is -0.461 e. The summed E-state index contributed by atoms with van der Waals surface area (Å²) in [5, 5.41) is 7.29. The summed E-state index contributed by atoms with van der Waals surface area (Å²) in [7, 11) is 0. The van der Waals surface area contributed by atoms with Crippen molar-refractivity contribution in [1.82, 2.24) is 25.3 Å². The number of primary amides is 1. The lowest BCUT2D eigenvalue weighted by Crippen LogP contribution is -2.57. The lowest BCUT2D eigenvalue weighted by molar-refractivity contribution is -0.158. The van der Waals surface area contributed by atoms with Crippen LogP contribution in [0.2, 0.25) is 0 Å². The molecule has 61 heavy (non-hydrogen) atoms. The predicted octanol–water partition coefficient (Wildman–Crippen LogP) is 4.41. The van der Waals surface area contributed by atoms with Gasteiger partial charge in [0, 0.05) is 37.4 Å². The van der Waals surface area contributed by atoms with E-state index in [1.54, 1.807) is 23.6 Å². The van der Waals surface area contributed by atoms with E-state index in [2.05, 4.69) is 16.0 Å². The van der Waals surface area contributed by atoms with E-state index < -0.39 is 65.5 Å². The lowest BCUT2D eigenvalue weighted by atomic mass is 9.99. The van der Waals surface area contributed by atoms with Crippen LogP contribution in [0, 0.1) is 18.6 Å². The molecule has 0 aromatic heterocycles. The van der Waals surface area contributed by atoms with E-state index in [0.717, 1.165) is 49.6 Å². The van der Waals surface area contributed by atoms with Gasteiger partial charge in [0.1, 0.15) is 35.9 Å². The first kappa shape index (κ1) is 49.5. The monoisotopic (exact) mass is 867 g/mol. The van der Waals surface area contributed by atoms with Gasteiger partial charge in [0.2, 0.25) is 30.0 Å². The number of piperidine rings is 1. The number of esters is 1. The zero-order valence-corrected chi connectivity index (χ0v) is 34.6. The molecule has 4 unspecified atom stereocenters. The van der Waals surface area contributed by atoms with Crippen molar-refractivity contribution in [2.75, 3.05) is 31.5 Å². The van der Waals surface area contributed by atoms with Crippen LogP contribution in [0.3, 0.4) is 0 Å². The van der Waals surface area contributed by atoms with Crippen molar-refractivity contribution < 1.29 is 60.3 Å². The van der Waals surface area contributed by atoms with Crippen LogP contribution in [0.4, 0.5) is 32.4 Å². The van der Waals surface area contributed by atoms with Gasteiger partial charge in [-0.25, -0.2) is 18.4 Å². The Bertz CT molecular complexity index is 1800. The molecule has 3 aliphatic heterocycles. The molecule has 7 amide bonds. The minimum absolute atomic E-state index is 0.0111. The van der Waals surface area contributed by atoms with Gasteiger partial charge in [0.25, 0.3) is 0 Å². The third-order valence-electron chi connectivity index (χ3n) is 9.76. The summed E-state index contributed by atoms with van der Waals surface area (Å²) in [6.07, 6.45) is 0.466. The van der Waals surface area contributed by atoms with Crippen LogP contribution >= 0.6 is 0 Å². The first-order valence-corrected chi connectivity index (χ1v) is 19.9. The van der Waals surface area contributed by atoms with Crippen molar-refractivity contribution in [3.8, 4) is 0 Å². The van der Waals surface area contributed by atoms with Gasteiger partial charge in [-0.15, -0.1) is 0 Å². The molecule has 0 saturated carbocycles. The van der Waals surface area contributed by atoms with E-state index in [-0.39, 0.29) is 42.4 Å². The molecule has 336 valence electrons. The molecule has 0 spiro atoms. The summed E-state index contributed by atoms with van der Waals surface area (Å²) in [5.74, 6) is -2.82. The topological polar surface area (TPSA) is 201 Å². The number of hydrogen-bond acceptors (Lipinski definition) is 8. The van der Waals surface area contributed by atoms with Crippen molar-refractivity contribution in [1.29, 1.82) is 0 Å². The number of nitrogens with one attached hydrogen (secondary N) is 3. The van der Waals surface area contributed by atoms with Crippen LogP contribution in [-0.4, -0.2) is 113 Å². The van der Waals surface area contributed by atoms with Crippen LogP contribution in [0.5, 0.6) is 0 Å². The third kappa shape index (κ3) is 15.9. The number of rotatable bonds is 11. The highest BCUT2D eigenvalue weighted by Gasteiger charge is 2.42. The molecule has 3 heterocycles. The number of anilines is 1. The number of aryl methyl sites for hydroxylation is 1. The summed E-state index contributed by atoms with van der Waals surface area (Å²) in [6.45, 7) is 8.23. The second-order valence-electron chi connectivity index (χ2n) is 15.2. The zero-order valence-electron chi connectivity index (χ0n) is 34.6. The Morgan fingerprint density at radius 3 is 2.00 bits per heavy atom. The number of amides is 7. The summed E-state index contributed by atoms with van der Waals surface area (Å²) in [6, 6.07) is 4.86. The van der Waals surface area contributed by atoms with E-state index in [9.17, 15) is 55.5 Å². The Morgan fingerprint density at radius 1 is 0.836 bits per heavy atom. The second kappa shape index (κ2) is 23.3. The molecule has 0 aliphatic carbocycles. The van der Waals surface area contributed by atoms with E-state index in [4.69, 9.17) is 10.5 Å². The highest BCUT2D eigenvalue weighted by molar-refractivity contribution is 5.93. The zero-order chi connectivity index (χ0) is 45.4. The smallest absolute Gasteiger partial charge is 0.416 e. The minimum atomic E-state index is -4.42. The average molecular weight is 868 g/mol. The fourth-order valence-electron chi connectivity index (χ4n) is 6.99. The molecule has 0 bridgehead atoms. The maximum Gasteiger partial charge on any atom is 0.416 e. The molecule has 5 rings (SSSR count). The third-order valence-corrected chi connectivity index (χ3v) is 9.76. The highest BCUT2D eigenvalue weighted by Crippen LogP contribution is 2.30. The van der Waals surface area contributed by atoms with E-state index in [1.807, 2.05) is 13.8 Å². The van der Waals surface area contributed by atoms with Crippen LogP contribution in [0.25, 0.3) is 0 Å². The van der Waals surface area contributed by atoms with Crippen molar-refractivity contribution >= 4 is 47.7 Å². The summed E-state index contributed by atoms with van der Waals surface area (Å²) < 4.78 is 66.6. The molecular weight excluding hydrogens is 813 g/mol. The first-order valence-electron chi connectivity index (χ1n) is 19.9. The van der Waals surface area contributed by atoms with Crippen molar-refractivity contribution in [3.63, 3.8) is 0 Å². The molecule has 4 atom stereocenters. The Labute approximate surface area is 350 Å². The maximum atomic E-state index is 13.5. The fraction of sp³-hybridized carbons (Fsp3) is 0.537. The quantitative estimate of drug-likeness (QED) is 0.145. The molecule has 0 radical (unpaired) electrons. The standard InChI is InChI=1S/C24H38N4O6.C10H10F3N3O2.C7H6F2/c1-16(2)25-22(31)18-8-4-5-12-28(18)23(32)19-9-7-13-27(19)21(30)14-17(3)34-24(33)20-10-6-11-26(20)15-29;11-10(12,13)6-1-3-7(4-2-6)16-9(18)15-5-8(14)17;1-5-2-6(8)4-7(9)3-5/h15-20H,4-14H2,1-3H3,(H,25,31);1-4H,5H2,(H2,14,17)(H2,15,16,18);2-4H,1H3. The fourth-order valence-corrected chi connectivity index (χ4v) is 6.99. The number of ether oxygens (including phenoxy) is 1. The molecule has 3 saturated heterocycles. The molecular formula is C41H54F5N7O8. The van der Waals surface area contributed by atoms with Crippen molar-refractivity contribution in [3.05, 3.63) is 65.2 Å². The number of carbonyl (C=O) groups excluding carboxylic acids is 7. The number of nitrogens with two attached hydrogens (primary N) is 1. The average Bonchev–Trinajstić information content (AvgIpc) is 3.87. The van der Waals surface area contributed by atoms with Crippen molar-refractivity contribution in [2.24, 2.45) is 5.73 Å². The van der Waals surface area contributed by atoms with Crippen molar-refractivity contribution in [2.45, 2.75) is 116 Å². The number of carbonyl (C=O) groups is 7. The van der Waals surface area contributed by atoms with Gasteiger partial charge in [-0.2, -0.15) is 13.2 Å². The van der Waals surface area contributed by atoms with E-state index in [1.165, 1.54) is 17.0 Å². The van der Waals surface area contributed by atoms with E-state index >= 15 is 0 Å². The molecule has 5 N–H and O–H groups in total. The Balaban J connectivity index is 0.000000303. The van der Waals surface area contributed by atoms with Crippen LogP contribution in [0.15, 0.2) is 42.5 Å². The van der Waals surface area contributed by atoms with Crippen LogP contribution in [-0.2, 0) is 39.7 Å². The van der Waals surface area contributed by atoms with E-state index in [0.29, 0.717) is 57.3 Å². The SMILES string of the molecule is CC(C)NC(=O)C1CCCCN1C(=O)C1CCCN1C(=O)CC(C)OC(=O)C1CCCN1C=O.Cc1cc(F)cc(F)c1.NC(=O)CNC(=O)Nc1ccc(C(F)(F)F)cc1. The number of halogens is 5. The largest absolute Gasteiger partial charge is 0.461 e. The van der Waals surface area contributed by atoms with Gasteiger partial charge in [-0.3, -0.25) is 24.0 Å². The molecule has 3 aliphatic rings. The second-order valence-corrected chi connectivity index (χ2v) is 15.2. The van der Waals surface area contributed by atoms with Gasteiger partial charge in [-0.05, 0) is 115 Å². The number of urea groups is 1. The molecule has 3 fully saturated rings.